The van der Waals surface area contributed by atoms with Crippen molar-refractivity contribution in [1.82, 2.24) is 5.06 Å². The van der Waals surface area contributed by atoms with E-state index in [1.54, 1.807) is 0 Å². The molecule has 20 heavy (non-hydrogen) atoms. The van der Waals surface area contributed by atoms with Gasteiger partial charge >= 0.3 is 5.97 Å². The Kier molecular flexibility index (Phi) is 4.09. The zero-order chi connectivity index (χ0) is 14.5. The highest BCUT2D eigenvalue weighted by Gasteiger charge is 2.32. The molecule has 2 rings (SSSR count). The number of aldehydes is 1. The predicted octanol–water partition coefficient (Wildman–Crippen LogP) is 0.485. The van der Waals surface area contributed by atoms with Crippen LogP contribution in [0.1, 0.15) is 23.2 Å². The van der Waals surface area contributed by atoms with Crippen molar-refractivity contribution in [1.29, 1.82) is 0 Å². The fraction of sp³-hybridized carbons (Fsp3) is 0.231. The molecule has 7 heteroatoms. The van der Waals surface area contributed by atoms with Crippen LogP contribution in [0.4, 0.5) is 0 Å². The van der Waals surface area contributed by atoms with Crippen LogP contribution in [-0.2, 0) is 19.2 Å². The monoisotopic (exact) mass is 277 g/mol. The van der Waals surface area contributed by atoms with Crippen molar-refractivity contribution in [2.24, 2.45) is 0 Å². The molecule has 0 atom stereocenters. The summed E-state index contributed by atoms with van der Waals surface area (Å²) in [7, 11) is 0. The van der Waals surface area contributed by atoms with Gasteiger partial charge in [-0.05, 0) is 24.3 Å². The van der Waals surface area contributed by atoms with Gasteiger partial charge in [0.05, 0.1) is 0 Å². The van der Waals surface area contributed by atoms with Gasteiger partial charge in [0.1, 0.15) is 12.0 Å². The molecule has 7 nitrogen and oxygen atoms in total. The highest BCUT2D eigenvalue weighted by atomic mass is 16.7. The Balaban J connectivity index is 1.84. The Morgan fingerprint density at radius 3 is 2.30 bits per heavy atom. The minimum Gasteiger partial charge on any atom is -0.482 e. The molecule has 1 aromatic rings. The van der Waals surface area contributed by atoms with Crippen molar-refractivity contribution < 1.29 is 28.8 Å². The third kappa shape index (κ3) is 3.19. The zero-order valence-electron chi connectivity index (χ0n) is 10.4. The third-order valence-electron chi connectivity index (χ3n) is 2.57. The van der Waals surface area contributed by atoms with Gasteiger partial charge in [-0.2, -0.15) is 0 Å². The summed E-state index contributed by atoms with van der Waals surface area (Å²) < 4.78 is 5.11. The summed E-state index contributed by atoms with van der Waals surface area (Å²) in [6.45, 7) is -0.447. The molecule has 1 aliphatic heterocycles. The van der Waals surface area contributed by atoms with E-state index < -0.39 is 24.4 Å². The van der Waals surface area contributed by atoms with E-state index in [-0.39, 0.29) is 12.8 Å². The SMILES string of the molecule is O=Cc1ccc(OCC(=O)ON2C(=O)CCC2=O)cc1. The van der Waals surface area contributed by atoms with E-state index >= 15 is 0 Å². The maximum atomic E-state index is 11.4. The predicted molar refractivity (Wildman–Crippen MR) is 64.5 cm³/mol. The molecule has 0 radical (unpaired) electrons. The Labute approximate surface area is 114 Å². The number of carbonyl (C=O) groups is 4. The smallest absolute Gasteiger partial charge is 0.370 e. The number of hydrogen-bond acceptors (Lipinski definition) is 6. The van der Waals surface area contributed by atoms with Crippen LogP contribution in [0.15, 0.2) is 24.3 Å². The molecular weight excluding hydrogens is 266 g/mol. The van der Waals surface area contributed by atoms with Crippen molar-refractivity contribution in [3.63, 3.8) is 0 Å². The summed E-state index contributed by atoms with van der Waals surface area (Å²) in [5, 5.41) is 0.460. The number of amides is 2. The Morgan fingerprint density at radius 1 is 1.15 bits per heavy atom. The maximum Gasteiger partial charge on any atom is 0.370 e. The number of nitrogens with zero attached hydrogens (tertiary/aromatic N) is 1. The van der Waals surface area contributed by atoms with Crippen molar-refractivity contribution in [3.05, 3.63) is 29.8 Å². The van der Waals surface area contributed by atoms with Gasteiger partial charge in [0.2, 0.25) is 0 Å². The Bertz CT molecular complexity index is 534. The summed E-state index contributed by atoms with van der Waals surface area (Å²) in [4.78, 5) is 48.9. The zero-order valence-corrected chi connectivity index (χ0v) is 10.4. The van der Waals surface area contributed by atoms with Crippen LogP contribution in [0.25, 0.3) is 0 Å². The van der Waals surface area contributed by atoms with Gasteiger partial charge in [-0.25, -0.2) is 4.79 Å². The molecule has 1 aromatic carbocycles. The molecule has 0 spiro atoms. The van der Waals surface area contributed by atoms with E-state index in [1.807, 2.05) is 0 Å². The van der Waals surface area contributed by atoms with Gasteiger partial charge in [-0.3, -0.25) is 14.4 Å². The number of rotatable bonds is 5. The van der Waals surface area contributed by atoms with Gasteiger partial charge in [-0.1, -0.05) is 0 Å². The normalized spacial score (nSPS) is 14.3. The first-order chi connectivity index (χ1) is 9.60. The van der Waals surface area contributed by atoms with Crippen LogP contribution < -0.4 is 4.74 Å². The molecule has 1 aliphatic rings. The minimum atomic E-state index is -0.854. The van der Waals surface area contributed by atoms with E-state index in [9.17, 15) is 19.2 Å². The van der Waals surface area contributed by atoms with Crippen molar-refractivity contribution in [3.8, 4) is 5.75 Å². The highest BCUT2D eigenvalue weighted by Crippen LogP contribution is 2.13. The molecule has 0 N–H and O–H groups in total. The lowest BCUT2D eigenvalue weighted by Gasteiger charge is -2.12. The summed E-state index contributed by atoms with van der Waals surface area (Å²) in [5.74, 6) is -1.57. The summed E-state index contributed by atoms with van der Waals surface area (Å²) in [5.41, 5.74) is 0.480. The first-order valence-electron chi connectivity index (χ1n) is 5.85. The number of hydroxylamine groups is 2. The van der Waals surface area contributed by atoms with Crippen LogP contribution in [0.2, 0.25) is 0 Å². The van der Waals surface area contributed by atoms with E-state index in [2.05, 4.69) is 4.84 Å². The standard InChI is InChI=1S/C13H11NO6/c15-7-9-1-3-10(4-2-9)19-8-13(18)20-14-11(16)5-6-12(14)17/h1-4,7H,5-6,8H2. The Morgan fingerprint density at radius 2 is 1.75 bits per heavy atom. The number of ether oxygens (including phenoxy) is 1. The minimum absolute atomic E-state index is 0.0418. The molecule has 1 heterocycles. The van der Waals surface area contributed by atoms with Crippen LogP contribution in [0.5, 0.6) is 5.75 Å². The van der Waals surface area contributed by atoms with E-state index in [4.69, 9.17) is 4.74 Å². The molecule has 2 amide bonds. The number of imide groups is 1. The average Bonchev–Trinajstić information content (AvgIpc) is 2.77. The second kappa shape index (κ2) is 5.96. The van der Waals surface area contributed by atoms with Crippen LogP contribution >= 0.6 is 0 Å². The fourth-order valence-electron chi connectivity index (χ4n) is 1.57. The van der Waals surface area contributed by atoms with Crippen molar-refractivity contribution in [2.45, 2.75) is 12.8 Å². The molecule has 0 bridgehead atoms. The molecular formula is C13H11NO6. The van der Waals surface area contributed by atoms with Crippen LogP contribution in [0, 0.1) is 0 Å². The van der Waals surface area contributed by atoms with Gasteiger partial charge < -0.3 is 9.57 Å². The second-order valence-electron chi connectivity index (χ2n) is 4.02. The first kappa shape index (κ1) is 13.7. The molecule has 1 fully saturated rings. The molecule has 104 valence electrons. The second-order valence-corrected chi connectivity index (χ2v) is 4.02. The van der Waals surface area contributed by atoms with Crippen molar-refractivity contribution >= 4 is 24.1 Å². The molecule has 0 aromatic heterocycles. The number of benzene rings is 1. The van der Waals surface area contributed by atoms with E-state index in [1.165, 1.54) is 24.3 Å². The van der Waals surface area contributed by atoms with Gasteiger partial charge in [0, 0.05) is 18.4 Å². The highest BCUT2D eigenvalue weighted by molar-refractivity contribution is 6.01. The van der Waals surface area contributed by atoms with Gasteiger partial charge in [-0.15, -0.1) is 5.06 Å². The summed E-state index contributed by atoms with van der Waals surface area (Å²) in [6, 6.07) is 6.09. The van der Waals surface area contributed by atoms with Gasteiger partial charge in [0.25, 0.3) is 11.8 Å². The molecule has 0 unspecified atom stereocenters. The lowest BCUT2D eigenvalue weighted by Crippen LogP contribution is -2.33. The summed E-state index contributed by atoms with van der Waals surface area (Å²) in [6.07, 6.45) is 0.767. The number of hydrogen-bond donors (Lipinski definition) is 0. The van der Waals surface area contributed by atoms with Crippen LogP contribution in [-0.4, -0.2) is 35.7 Å². The summed E-state index contributed by atoms with van der Waals surface area (Å²) >= 11 is 0. The fourth-order valence-corrected chi connectivity index (χ4v) is 1.57. The quantitative estimate of drug-likeness (QED) is 0.574. The van der Waals surface area contributed by atoms with Gasteiger partial charge in [0.15, 0.2) is 6.61 Å². The van der Waals surface area contributed by atoms with E-state index in [0.717, 1.165) is 0 Å². The van der Waals surface area contributed by atoms with Crippen LogP contribution in [0.3, 0.4) is 0 Å². The first-order valence-corrected chi connectivity index (χ1v) is 5.85. The maximum absolute atomic E-state index is 11.4. The number of carbonyl (C=O) groups excluding carboxylic acids is 4. The third-order valence-corrected chi connectivity index (χ3v) is 2.57. The van der Waals surface area contributed by atoms with E-state index in [0.29, 0.717) is 22.7 Å². The molecule has 1 saturated heterocycles. The van der Waals surface area contributed by atoms with Crippen molar-refractivity contribution in [2.75, 3.05) is 6.61 Å². The average molecular weight is 277 g/mol. The molecule has 0 saturated carbocycles. The lowest BCUT2D eigenvalue weighted by molar-refractivity contribution is -0.198. The lowest BCUT2D eigenvalue weighted by atomic mass is 10.2. The topological polar surface area (TPSA) is 90.0 Å². The molecule has 0 aliphatic carbocycles. The largest absolute Gasteiger partial charge is 0.482 e. The Hall–Kier alpha value is -2.70.